The molecule has 0 saturated heterocycles. The lowest BCUT2D eigenvalue weighted by atomic mass is 9.35. The summed E-state index contributed by atoms with van der Waals surface area (Å²) in [6, 6.07) is 24.6. The van der Waals surface area contributed by atoms with E-state index in [9.17, 15) is 0 Å². The molecule has 0 fully saturated rings. The second kappa shape index (κ2) is 6.97. The summed E-state index contributed by atoms with van der Waals surface area (Å²) in [6.45, 7) is 4.77. The molecule has 0 N–H and O–H groups in total. The number of fused-ring (bicyclic) bond motifs is 4. The zero-order valence-electron chi connectivity index (χ0n) is 18.9. The van der Waals surface area contributed by atoms with Crippen molar-refractivity contribution >= 4 is 29.0 Å². The maximum atomic E-state index is 6.38. The van der Waals surface area contributed by atoms with Crippen molar-refractivity contribution in [1.29, 1.82) is 0 Å². The normalized spacial score (nSPS) is 16.3. The lowest BCUT2D eigenvalue weighted by Crippen LogP contribution is -2.57. The Hall–Kier alpha value is -4.06. The van der Waals surface area contributed by atoms with Gasteiger partial charge in [-0.3, -0.25) is 4.98 Å². The summed E-state index contributed by atoms with van der Waals surface area (Å²) in [4.78, 5) is 9.37. The highest BCUT2D eigenvalue weighted by molar-refractivity contribution is 6.98. The number of para-hydroxylation sites is 2. The number of ether oxygens (including phenoxy) is 3. The molecule has 34 heavy (non-hydrogen) atoms. The van der Waals surface area contributed by atoms with Crippen LogP contribution >= 0.6 is 0 Å². The first-order valence-electron chi connectivity index (χ1n) is 11.5. The van der Waals surface area contributed by atoms with Crippen molar-refractivity contribution in [2.24, 2.45) is 4.99 Å². The minimum absolute atomic E-state index is 0.0742. The van der Waals surface area contributed by atoms with Crippen LogP contribution in [-0.2, 0) is 4.74 Å². The molecule has 6 heteroatoms. The fourth-order valence-corrected chi connectivity index (χ4v) is 4.97. The molecule has 3 aliphatic heterocycles. The first-order chi connectivity index (χ1) is 16.6. The molecule has 0 bridgehead atoms. The molecule has 7 rings (SSSR count). The van der Waals surface area contributed by atoms with Gasteiger partial charge in [0.15, 0.2) is 0 Å². The van der Waals surface area contributed by atoms with Crippen LogP contribution in [0.5, 0.6) is 23.0 Å². The fourth-order valence-electron chi connectivity index (χ4n) is 4.97. The number of aromatic nitrogens is 1. The molecule has 0 unspecified atom stereocenters. The number of pyridine rings is 1. The molecule has 0 radical (unpaired) electrons. The van der Waals surface area contributed by atoms with Crippen molar-refractivity contribution in [3.63, 3.8) is 0 Å². The Bertz CT molecular complexity index is 1420. The Kier molecular flexibility index (Phi) is 3.98. The predicted molar refractivity (Wildman–Crippen MR) is 134 cm³/mol. The third-order valence-corrected chi connectivity index (χ3v) is 6.57. The summed E-state index contributed by atoms with van der Waals surface area (Å²) in [5, 5.41) is 0. The SMILES string of the molecule is CC1(C)COC(c2ccc(-c3cc4c5c(c3)Oc3ccccc3B5c3ccccc3O4)nc2)=N1. The Morgan fingerprint density at radius 2 is 1.41 bits per heavy atom. The van der Waals surface area contributed by atoms with E-state index in [0.717, 1.165) is 56.2 Å². The molecule has 0 aliphatic carbocycles. The van der Waals surface area contributed by atoms with E-state index >= 15 is 0 Å². The lowest BCUT2D eigenvalue weighted by Gasteiger charge is -2.33. The maximum absolute atomic E-state index is 6.38. The first kappa shape index (κ1) is 19.4. The largest absolute Gasteiger partial charge is 0.475 e. The number of benzene rings is 3. The summed E-state index contributed by atoms with van der Waals surface area (Å²) < 4.78 is 18.5. The lowest BCUT2D eigenvalue weighted by molar-refractivity contribution is 0.279. The third kappa shape index (κ3) is 2.95. The van der Waals surface area contributed by atoms with E-state index in [4.69, 9.17) is 19.2 Å². The van der Waals surface area contributed by atoms with Crippen LogP contribution in [-0.4, -0.2) is 29.7 Å². The van der Waals surface area contributed by atoms with E-state index in [1.54, 1.807) is 0 Å². The van der Waals surface area contributed by atoms with E-state index in [2.05, 4.69) is 55.2 Å². The van der Waals surface area contributed by atoms with Crippen LogP contribution in [0.25, 0.3) is 11.3 Å². The molecule has 4 aromatic rings. The molecular weight excluding hydrogens is 423 g/mol. The van der Waals surface area contributed by atoms with Crippen molar-refractivity contribution in [1.82, 2.24) is 4.98 Å². The Morgan fingerprint density at radius 1 is 0.765 bits per heavy atom. The van der Waals surface area contributed by atoms with Gasteiger partial charge in [-0.25, -0.2) is 4.99 Å². The van der Waals surface area contributed by atoms with Crippen LogP contribution in [0.1, 0.15) is 19.4 Å². The van der Waals surface area contributed by atoms with Crippen LogP contribution in [0.2, 0.25) is 0 Å². The summed E-state index contributed by atoms with van der Waals surface area (Å²) in [6.07, 6.45) is 1.82. The van der Waals surface area contributed by atoms with Gasteiger partial charge in [-0.05, 0) is 61.2 Å². The van der Waals surface area contributed by atoms with Gasteiger partial charge in [-0.2, -0.15) is 0 Å². The Labute approximate surface area is 198 Å². The quantitative estimate of drug-likeness (QED) is 0.379. The van der Waals surface area contributed by atoms with E-state index in [0.29, 0.717) is 12.5 Å². The molecule has 3 aromatic carbocycles. The van der Waals surface area contributed by atoms with Crippen LogP contribution in [0.15, 0.2) is 84.0 Å². The molecule has 0 amide bonds. The first-order valence-corrected chi connectivity index (χ1v) is 11.5. The standard InChI is InChI=1S/C28H21BN2O3/c1-28(2)16-32-27(31-28)17-11-12-21(30-15-17)18-13-24-26-25(14-18)34-23-10-6-4-8-20(23)29(26)19-7-3-5-9-22(19)33-24/h3-15H,16H2,1-2H3. The van der Waals surface area contributed by atoms with Gasteiger partial charge in [0.25, 0.3) is 6.71 Å². The van der Waals surface area contributed by atoms with E-state index in [1.807, 2.05) is 42.6 Å². The second-order valence-electron chi connectivity index (χ2n) is 9.55. The van der Waals surface area contributed by atoms with Gasteiger partial charge in [0, 0.05) is 17.2 Å². The van der Waals surface area contributed by atoms with Crippen molar-refractivity contribution in [3.05, 3.63) is 84.6 Å². The molecule has 0 spiro atoms. The molecule has 0 atom stereocenters. The number of nitrogens with zero attached hydrogens (tertiary/aromatic N) is 2. The fraction of sp³-hybridized carbons (Fsp3) is 0.143. The van der Waals surface area contributed by atoms with Gasteiger partial charge in [-0.1, -0.05) is 36.4 Å². The van der Waals surface area contributed by atoms with Crippen molar-refractivity contribution < 1.29 is 14.2 Å². The average molecular weight is 444 g/mol. The number of aliphatic imine (C=N–C) groups is 1. The van der Waals surface area contributed by atoms with Gasteiger partial charge >= 0.3 is 0 Å². The van der Waals surface area contributed by atoms with Crippen molar-refractivity contribution in [2.45, 2.75) is 19.4 Å². The zero-order valence-corrected chi connectivity index (χ0v) is 18.9. The summed E-state index contributed by atoms with van der Waals surface area (Å²) in [5.41, 5.74) is 5.82. The van der Waals surface area contributed by atoms with Gasteiger partial charge in [0.05, 0.1) is 16.8 Å². The number of rotatable bonds is 2. The van der Waals surface area contributed by atoms with Gasteiger partial charge in [0.1, 0.15) is 29.6 Å². The monoisotopic (exact) mass is 444 g/mol. The van der Waals surface area contributed by atoms with Crippen LogP contribution in [0.4, 0.5) is 0 Å². The highest BCUT2D eigenvalue weighted by atomic mass is 16.5. The molecular formula is C28H21BN2O3. The smallest absolute Gasteiger partial charge is 0.260 e. The Morgan fingerprint density at radius 3 is 1.97 bits per heavy atom. The number of hydrogen-bond acceptors (Lipinski definition) is 5. The van der Waals surface area contributed by atoms with Crippen molar-refractivity contribution in [2.75, 3.05) is 6.61 Å². The minimum Gasteiger partial charge on any atom is -0.475 e. The van der Waals surface area contributed by atoms with E-state index in [1.165, 1.54) is 0 Å². The third-order valence-electron chi connectivity index (χ3n) is 6.57. The topological polar surface area (TPSA) is 52.9 Å². The summed E-state index contributed by atoms with van der Waals surface area (Å²) in [5.74, 6) is 4.01. The predicted octanol–water partition coefficient (Wildman–Crippen LogP) is 4.03. The molecule has 4 heterocycles. The van der Waals surface area contributed by atoms with Crippen LogP contribution in [0, 0.1) is 0 Å². The van der Waals surface area contributed by atoms with Gasteiger partial charge in [0.2, 0.25) is 5.90 Å². The summed E-state index contributed by atoms with van der Waals surface area (Å²) in [7, 11) is 0. The molecule has 1 aromatic heterocycles. The average Bonchev–Trinajstić information content (AvgIpc) is 3.23. The maximum Gasteiger partial charge on any atom is 0.260 e. The highest BCUT2D eigenvalue weighted by Gasteiger charge is 2.40. The van der Waals surface area contributed by atoms with E-state index < -0.39 is 0 Å². The van der Waals surface area contributed by atoms with Crippen LogP contribution in [0.3, 0.4) is 0 Å². The summed E-state index contributed by atoms with van der Waals surface area (Å²) >= 11 is 0. The number of hydrogen-bond donors (Lipinski definition) is 0. The van der Waals surface area contributed by atoms with Gasteiger partial charge < -0.3 is 14.2 Å². The molecule has 5 nitrogen and oxygen atoms in total. The minimum atomic E-state index is -0.201. The molecule has 164 valence electrons. The van der Waals surface area contributed by atoms with E-state index in [-0.39, 0.29) is 12.3 Å². The molecule has 3 aliphatic rings. The highest BCUT2D eigenvalue weighted by Crippen LogP contribution is 2.37. The van der Waals surface area contributed by atoms with Crippen LogP contribution < -0.4 is 25.9 Å². The Balaban J connectivity index is 1.34. The molecule has 0 saturated carbocycles. The second-order valence-corrected chi connectivity index (χ2v) is 9.55. The zero-order chi connectivity index (χ0) is 22.9. The van der Waals surface area contributed by atoms with Crippen molar-refractivity contribution in [3.8, 4) is 34.3 Å². The van der Waals surface area contributed by atoms with Gasteiger partial charge in [-0.15, -0.1) is 0 Å².